The molecular formula is C16H18N2O2S. The Kier molecular flexibility index (Phi) is 5.01. The van der Waals surface area contributed by atoms with Crippen LogP contribution in [0.15, 0.2) is 58.3 Å². The van der Waals surface area contributed by atoms with Crippen LogP contribution in [0.3, 0.4) is 0 Å². The fraction of sp³-hybridized carbons (Fsp3) is 0.188. The number of nitrogens with two attached hydrogens (primary N) is 1. The van der Waals surface area contributed by atoms with Crippen molar-refractivity contribution in [2.75, 3.05) is 5.32 Å². The normalized spacial score (nSPS) is 13.5. The zero-order valence-electron chi connectivity index (χ0n) is 12.0. The first-order chi connectivity index (χ1) is 9.97. The molecule has 21 heavy (non-hydrogen) atoms. The molecule has 0 aliphatic rings. The topological polar surface area (TPSA) is 78.2 Å². The quantitative estimate of drug-likeness (QED) is 0.852. The third-order valence-corrected chi connectivity index (χ3v) is 4.30. The highest BCUT2D eigenvalue weighted by Gasteiger charge is 2.16. The minimum atomic E-state index is -1.28. The zero-order valence-corrected chi connectivity index (χ0v) is 12.8. The third-order valence-electron chi connectivity index (χ3n) is 2.93. The average Bonchev–Trinajstić information content (AvgIpc) is 2.46. The van der Waals surface area contributed by atoms with Gasteiger partial charge in [0, 0.05) is 22.9 Å². The SMILES string of the molecule is Cc1cccc([S+]([O-])c2cccc(NC(=O)C(C)N)c2)c1. The maximum Gasteiger partial charge on any atom is 0.241 e. The molecule has 2 unspecified atom stereocenters. The van der Waals surface area contributed by atoms with Crippen molar-refractivity contribution >= 4 is 22.8 Å². The minimum absolute atomic E-state index is 0.270. The van der Waals surface area contributed by atoms with Gasteiger partial charge < -0.3 is 15.6 Å². The van der Waals surface area contributed by atoms with Crippen LogP contribution in [0.25, 0.3) is 0 Å². The van der Waals surface area contributed by atoms with E-state index in [0.29, 0.717) is 10.6 Å². The summed E-state index contributed by atoms with van der Waals surface area (Å²) in [6, 6.07) is 14.0. The highest BCUT2D eigenvalue weighted by Crippen LogP contribution is 2.23. The van der Waals surface area contributed by atoms with Crippen LogP contribution in [-0.2, 0) is 16.0 Å². The lowest BCUT2D eigenvalue weighted by Crippen LogP contribution is -2.32. The second-order valence-electron chi connectivity index (χ2n) is 4.89. The molecule has 0 saturated carbocycles. The molecule has 0 fully saturated rings. The fourth-order valence-corrected chi connectivity index (χ4v) is 3.02. The molecule has 0 aromatic heterocycles. The number of benzene rings is 2. The van der Waals surface area contributed by atoms with Gasteiger partial charge in [-0.1, -0.05) is 18.2 Å². The van der Waals surface area contributed by atoms with Gasteiger partial charge in [0.2, 0.25) is 5.91 Å². The summed E-state index contributed by atoms with van der Waals surface area (Å²) in [5.74, 6) is -0.270. The van der Waals surface area contributed by atoms with E-state index in [1.54, 1.807) is 31.2 Å². The maximum atomic E-state index is 12.5. The predicted molar refractivity (Wildman–Crippen MR) is 84.6 cm³/mol. The second-order valence-corrected chi connectivity index (χ2v) is 6.37. The Balaban J connectivity index is 2.22. The van der Waals surface area contributed by atoms with Crippen molar-refractivity contribution in [3.63, 3.8) is 0 Å². The molecule has 0 heterocycles. The van der Waals surface area contributed by atoms with Crippen molar-refractivity contribution in [2.45, 2.75) is 29.7 Å². The van der Waals surface area contributed by atoms with E-state index >= 15 is 0 Å². The molecule has 3 N–H and O–H groups in total. The standard InChI is InChI=1S/C16H18N2O2S/c1-11-5-3-7-14(9-11)21(20)15-8-4-6-13(10-15)18-16(19)12(2)17/h3-10,12H,17H2,1-2H3,(H,18,19). The smallest absolute Gasteiger partial charge is 0.241 e. The Morgan fingerprint density at radius 3 is 2.43 bits per heavy atom. The molecule has 0 bridgehead atoms. The van der Waals surface area contributed by atoms with E-state index in [9.17, 15) is 9.35 Å². The second kappa shape index (κ2) is 6.76. The largest absolute Gasteiger partial charge is 0.606 e. The average molecular weight is 302 g/mol. The predicted octanol–water partition coefficient (Wildman–Crippen LogP) is 2.45. The van der Waals surface area contributed by atoms with Gasteiger partial charge in [-0.2, -0.15) is 0 Å². The van der Waals surface area contributed by atoms with Gasteiger partial charge in [0.1, 0.15) is 0 Å². The molecule has 0 aliphatic carbocycles. The molecule has 2 atom stereocenters. The van der Waals surface area contributed by atoms with Crippen molar-refractivity contribution in [2.24, 2.45) is 5.73 Å². The first kappa shape index (κ1) is 15.6. The summed E-state index contributed by atoms with van der Waals surface area (Å²) >= 11 is -1.28. The van der Waals surface area contributed by atoms with Crippen molar-refractivity contribution in [3.05, 3.63) is 54.1 Å². The Hall–Kier alpha value is -1.82. The molecule has 2 aromatic rings. The van der Waals surface area contributed by atoms with E-state index in [4.69, 9.17) is 5.73 Å². The molecule has 0 aliphatic heterocycles. The summed E-state index contributed by atoms with van der Waals surface area (Å²) in [4.78, 5) is 13.0. The van der Waals surface area contributed by atoms with Crippen molar-refractivity contribution in [1.29, 1.82) is 0 Å². The van der Waals surface area contributed by atoms with Crippen LogP contribution in [0, 0.1) is 6.92 Å². The van der Waals surface area contributed by atoms with Crippen LogP contribution in [0.5, 0.6) is 0 Å². The Bertz CT molecular complexity index is 644. The van der Waals surface area contributed by atoms with Crippen LogP contribution in [0.2, 0.25) is 0 Å². The molecule has 1 amide bonds. The molecule has 0 saturated heterocycles. The highest BCUT2D eigenvalue weighted by molar-refractivity contribution is 7.91. The first-order valence-electron chi connectivity index (χ1n) is 6.62. The lowest BCUT2D eigenvalue weighted by molar-refractivity contribution is -0.117. The monoisotopic (exact) mass is 302 g/mol. The molecule has 0 radical (unpaired) electrons. The summed E-state index contributed by atoms with van der Waals surface area (Å²) in [7, 11) is 0. The van der Waals surface area contributed by atoms with Crippen LogP contribution >= 0.6 is 0 Å². The van der Waals surface area contributed by atoms with Crippen molar-refractivity contribution < 1.29 is 9.35 Å². The van der Waals surface area contributed by atoms with Crippen LogP contribution in [-0.4, -0.2) is 16.5 Å². The van der Waals surface area contributed by atoms with Crippen LogP contribution in [0.1, 0.15) is 12.5 Å². The van der Waals surface area contributed by atoms with Gasteiger partial charge >= 0.3 is 0 Å². The molecule has 2 rings (SSSR count). The van der Waals surface area contributed by atoms with Crippen LogP contribution in [0.4, 0.5) is 5.69 Å². The number of carbonyl (C=O) groups is 1. The zero-order chi connectivity index (χ0) is 15.4. The lowest BCUT2D eigenvalue weighted by Gasteiger charge is -2.12. The molecule has 5 heteroatoms. The summed E-state index contributed by atoms with van der Waals surface area (Å²) in [5, 5.41) is 2.70. The number of hydrogen-bond donors (Lipinski definition) is 2. The maximum absolute atomic E-state index is 12.5. The molecule has 2 aromatic carbocycles. The van der Waals surface area contributed by atoms with E-state index in [1.807, 2.05) is 31.2 Å². The number of nitrogens with one attached hydrogen (secondary N) is 1. The highest BCUT2D eigenvalue weighted by atomic mass is 32.2. The van der Waals surface area contributed by atoms with Gasteiger partial charge in [-0.05, 0) is 43.7 Å². The summed E-state index contributed by atoms with van der Waals surface area (Å²) in [6.07, 6.45) is 0. The molecule has 4 nitrogen and oxygen atoms in total. The number of amides is 1. The lowest BCUT2D eigenvalue weighted by atomic mass is 10.2. The molecule has 110 valence electrons. The van der Waals surface area contributed by atoms with E-state index < -0.39 is 17.2 Å². The van der Waals surface area contributed by atoms with Gasteiger partial charge in [0.15, 0.2) is 9.79 Å². The number of hydrogen-bond acceptors (Lipinski definition) is 3. The number of anilines is 1. The summed E-state index contributed by atoms with van der Waals surface area (Å²) in [5.41, 5.74) is 7.17. The van der Waals surface area contributed by atoms with Crippen molar-refractivity contribution in [1.82, 2.24) is 0 Å². The number of rotatable bonds is 4. The Morgan fingerprint density at radius 2 is 1.81 bits per heavy atom. The molecule has 0 spiro atoms. The minimum Gasteiger partial charge on any atom is -0.606 e. The van der Waals surface area contributed by atoms with Gasteiger partial charge in [0.25, 0.3) is 0 Å². The third kappa shape index (κ3) is 4.07. The fourth-order valence-electron chi connectivity index (χ4n) is 1.81. The van der Waals surface area contributed by atoms with Gasteiger partial charge in [-0.3, -0.25) is 4.79 Å². The number of carbonyl (C=O) groups excluding carboxylic acids is 1. The Morgan fingerprint density at radius 1 is 1.19 bits per heavy atom. The van der Waals surface area contributed by atoms with E-state index in [-0.39, 0.29) is 5.91 Å². The van der Waals surface area contributed by atoms with Gasteiger partial charge in [0.05, 0.1) is 6.04 Å². The summed E-state index contributed by atoms with van der Waals surface area (Å²) in [6.45, 7) is 3.57. The van der Waals surface area contributed by atoms with E-state index in [2.05, 4.69) is 5.32 Å². The van der Waals surface area contributed by atoms with E-state index in [0.717, 1.165) is 10.5 Å². The van der Waals surface area contributed by atoms with E-state index in [1.165, 1.54) is 0 Å². The van der Waals surface area contributed by atoms with Gasteiger partial charge in [-0.25, -0.2) is 0 Å². The molecular weight excluding hydrogens is 284 g/mol. The van der Waals surface area contributed by atoms with Gasteiger partial charge in [-0.15, -0.1) is 0 Å². The number of aryl methyl sites for hydroxylation is 1. The Labute approximate surface area is 127 Å². The van der Waals surface area contributed by atoms with Crippen LogP contribution < -0.4 is 11.1 Å². The first-order valence-corrected chi connectivity index (χ1v) is 7.77. The summed E-state index contributed by atoms with van der Waals surface area (Å²) < 4.78 is 12.5. The van der Waals surface area contributed by atoms with Crippen molar-refractivity contribution in [3.8, 4) is 0 Å².